The van der Waals surface area contributed by atoms with Crippen LogP contribution in [0.5, 0.6) is 0 Å². The molecule has 2 aliphatic heterocycles. The summed E-state index contributed by atoms with van der Waals surface area (Å²) in [6.45, 7) is 9.14. The molecule has 0 spiro atoms. The Bertz CT molecular complexity index is 942. The van der Waals surface area contributed by atoms with E-state index in [2.05, 4.69) is 64.2 Å². The van der Waals surface area contributed by atoms with Crippen molar-refractivity contribution in [3.8, 4) is 0 Å². The number of ether oxygens (including phenoxy) is 1. The van der Waals surface area contributed by atoms with Gasteiger partial charge in [-0.15, -0.1) is 0 Å². The van der Waals surface area contributed by atoms with Gasteiger partial charge < -0.3 is 14.6 Å². The summed E-state index contributed by atoms with van der Waals surface area (Å²) in [6, 6.07) is 16.1. The second kappa shape index (κ2) is 7.02. The van der Waals surface area contributed by atoms with Gasteiger partial charge in [-0.05, 0) is 59.0 Å². The summed E-state index contributed by atoms with van der Waals surface area (Å²) in [5.41, 5.74) is 6.94. The summed E-state index contributed by atoms with van der Waals surface area (Å²) in [5, 5.41) is 1.30. The molecule has 140 valence electrons. The Labute approximate surface area is 160 Å². The summed E-state index contributed by atoms with van der Waals surface area (Å²) in [6.07, 6.45) is 2.02. The molecule has 0 bridgehead atoms. The smallest absolute Gasteiger partial charge is 0.0642 e. The minimum absolute atomic E-state index is 0.437. The number of hydrogen-bond acceptors (Lipinski definition) is 3. The molecule has 4 heteroatoms. The second-order valence-corrected chi connectivity index (χ2v) is 7.69. The molecular formula is C23H27N3O. The zero-order valence-corrected chi connectivity index (χ0v) is 15.9. The van der Waals surface area contributed by atoms with Crippen molar-refractivity contribution in [2.45, 2.75) is 19.4 Å². The summed E-state index contributed by atoms with van der Waals surface area (Å²) < 4.78 is 5.52. The van der Waals surface area contributed by atoms with Crippen LogP contribution >= 0.6 is 0 Å². The lowest BCUT2D eigenvalue weighted by atomic mass is 9.84. The molecule has 4 nitrogen and oxygen atoms in total. The van der Waals surface area contributed by atoms with Crippen molar-refractivity contribution < 1.29 is 4.74 Å². The van der Waals surface area contributed by atoms with E-state index in [0.29, 0.717) is 5.92 Å². The molecule has 3 heterocycles. The molecular weight excluding hydrogens is 334 g/mol. The van der Waals surface area contributed by atoms with Crippen molar-refractivity contribution in [3.05, 3.63) is 65.4 Å². The number of aromatic amines is 1. The average Bonchev–Trinajstić information content (AvgIpc) is 3.21. The van der Waals surface area contributed by atoms with Crippen LogP contribution in [0.25, 0.3) is 10.9 Å². The van der Waals surface area contributed by atoms with Crippen LogP contribution in [0.4, 0.5) is 5.69 Å². The fraction of sp³-hybridized carbons (Fsp3) is 0.391. The van der Waals surface area contributed by atoms with Crippen LogP contribution in [-0.4, -0.2) is 49.3 Å². The number of hydrogen-bond donors (Lipinski definition) is 1. The van der Waals surface area contributed by atoms with E-state index in [9.17, 15) is 0 Å². The van der Waals surface area contributed by atoms with Gasteiger partial charge in [0.05, 0.1) is 13.2 Å². The van der Waals surface area contributed by atoms with Crippen molar-refractivity contribution in [2.24, 2.45) is 0 Å². The van der Waals surface area contributed by atoms with Crippen LogP contribution in [0.3, 0.4) is 0 Å². The van der Waals surface area contributed by atoms with Crippen molar-refractivity contribution in [1.82, 2.24) is 9.88 Å². The van der Waals surface area contributed by atoms with Crippen LogP contribution in [0.2, 0.25) is 0 Å². The number of benzene rings is 2. The Morgan fingerprint density at radius 1 is 1.07 bits per heavy atom. The zero-order valence-electron chi connectivity index (χ0n) is 15.9. The minimum atomic E-state index is 0.437. The topological polar surface area (TPSA) is 31.5 Å². The lowest BCUT2D eigenvalue weighted by Gasteiger charge is -2.36. The molecule has 0 aliphatic carbocycles. The Kier molecular flexibility index (Phi) is 4.38. The molecule has 0 radical (unpaired) electrons. The van der Waals surface area contributed by atoms with Crippen molar-refractivity contribution in [3.63, 3.8) is 0 Å². The third kappa shape index (κ3) is 3.13. The summed E-state index contributed by atoms with van der Waals surface area (Å²) in [7, 11) is 0. The number of H-pyrrole nitrogens is 1. The molecule has 1 saturated heterocycles. The maximum Gasteiger partial charge on any atom is 0.0642 e. The highest BCUT2D eigenvalue weighted by molar-refractivity contribution is 5.80. The molecule has 3 aromatic rings. The number of aromatic nitrogens is 1. The molecule has 2 aliphatic rings. The predicted octanol–water partition coefficient (Wildman–Crippen LogP) is 3.97. The van der Waals surface area contributed by atoms with Gasteiger partial charge in [-0.3, -0.25) is 4.90 Å². The van der Waals surface area contributed by atoms with Gasteiger partial charge in [0.15, 0.2) is 0 Å². The normalized spacial score (nSPS) is 20.8. The Morgan fingerprint density at radius 3 is 2.81 bits per heavy atom. The summed E-state index contributed by atoms with van der Waals surface area (Å²) in [4.78, 5) is 8.33. The first-order valence-electron chi connectivity index (χ1n) is 10.1. The molecule has 5 rings (SSSR count). The van der Waals surface area contributed by atoms with E-state index in [-0.39, 0.29) is 0 Å². The first kappa shape index (κ1) is 16.8. The van der Waals surface area contributed by atoms with Crippen molar-refractivity contribution >= 4 is 16.6 Å². The number of anilines is 1. The van der Waals surface area contributed by atoms with Gasteiger partial charge in [-0.25, -0.2) is 0 Å². The van der Waals surface area contributed by atoms with E-state index < -0.39 is 0 Å². The highest BCUT2D eigenvalue weighted by Gasteiger charge is 2.27. The van der Waals surface area contributed by atoms with Crippen LogP contribution in [0.15, 0.2) is 48.7 Å². The SMILES string of the molecule is CCN1Cc2cc(N3CCOCC3)ccc2C(c2ccc3[nH]ccc3c2)C1. The Balaban J connectivity index is 1.53. The lowest BCUT2D eigenvalue weighted by Crippen LogP contribution is -2.37. The van der Waals surface area contributed by atoms with E-state index in [0.717, 1.165) is 45.9 Å². The average molecular weight is 361 g/mol. The summed E-state index contributed by atoms with van der Waals surface area (Å²) in [5.74, 6) is 0.437. The van der Waals surface area contributed by atoms with E-state index in [1.54, 1.807) is 0 Å². The molecule has 1 aromatic heterocycles. The fourth-order valence-corrected chi connectivity index (χ4v) is 4.56. The molecule has 0 amide bonds. The highest BCUT2D eigenvalue weighted by atomic mass is 16.5. The fourth-order valence-electron chi connectivity index (χ4n) is 4.56. The van der Waals surface area contributed by atoms with Gasteiger partial charge in [0, 0.05) is 49.5 Å². The van der Waals surface area contributed by atoms with Gasteiger partial charge in [0.2, 0.25) is 0 Å². The van der Waals surface area contributed by atoms with Crippen molar-refractivity contribution in [2.75, 3.05) is 44.3 Å². The van der Waals surface area contributed by atoms with Gasteiger partial charge in [0.1, 0.15) is 0 Å². The number of morpholine rings is 1. The number of nitrogens with one attached hydrogen (secondary N) is 1. The highest BCUT2D eigenvalue weighted by Crippen LogP contribution is 2.36. The molecule has 0 saturated carbocycles. The number of rotatable bonds is 3. The standard InChI is InChI=1S/C23H27N3O/c1-2-25-15-19-14-20(26-9-11-27-12-10-26)4-5-21(19)22(16-25)17-3-6-23-18(13-17)7-8-24-23/h3-8,13-14,22,24H,2,9-12,15-16H2,1H3. The zero-order chi connectivity index (χ0) is 18.2. The van der Waals surface area contributed by atoms with E-state index in [4.69, 9.17) is 4.74 Å². The summed E-state index contributed by atoms with van der Waals surface area (Å²) >= 11 is 0. The largest absolute Gasteiger partial charge is 0.378 e. The minimum Gasteiger partial charge on any atom is -0.378 e. The van der Waals surface area contributed by atoms with Gasteiger partial charge >= 0.3 is 0 Å². The monoisotopic (exact) mass is 361 g/mol. The van der Waals surface area contributed by atoms with Gasteiger partial charge in [-0.1, -0.05) is 19.1 Å². The molecule has 1 fully saturated rings. The van der Waals surface area contributed by atoms with E-state index >= 15 is 0 Å². The molecule has 1 N–H and O–H groups in total. The van der Waals surface area contributed by atoms with Gasteiger partial charge in [-0.2, -0.15) is 0 Å². The van der Waals surface area contributed by atoms with E-state index in [1.807, 2.05) is 6.20 Å². The lowest BCUT2D eigenvalue weighted by molar-refractivity contribution is 0.122. The van der Waals surface area contributed by atoms with Crippen LogP contribution in [0.1, 0.15) is 29.5 Å². The molecule has 2 aromatic carbocycles. The first-order chi connectivity index (χ1) is 13.3. The molecule has 1 atom stereocenters. The number of fused-ring (bicyclic) bond motifs is 2. The maximum atomic E-state index is 5.52. The predicted molar refractivity (Wildman–Crippen MR) is 111 cm³/mol. The number of likely N-dealkylation sites (N-methyl/N-ethyl adjacent to an activating group) is 1. The molecule has 27 heavy (non-hydrogen) atoms. The van der Waals surface area contributed by atoms with Crippen LogP contribution in [-0.2, 0) is 11.3 Å². The first-order valence-corrected chi connectivity index (χ1v) is 10.1. The molecule has 1 unspecified atom stereocenters. The van der Waals surface area contributed by atoms with Crippen molar-refractivity contribution in [1.29, 1.82) is 0 Å². The number of nitrogens with zero attached hydrogens (tertiary/aromatic N) is 2. The van der Waals surface area contributed by atoms with Crippen LogP contribution in [0, 0.1) is 0 Å². The van der Waals surface area contributed by atoms with E-state index in [1.165, 1.54) is 33.3 Å². The Hall–Kier alpha value is -2.30. The van der Waals surface area contributed by atoms with Crippen LogP contribution < -0.4 is 4.90 Å². The third-order valence-corrected chi connectivity index (χ3v) is 6.14. The quantitative estimate of drug-likeness (QED) is 0.766. The Morgan fingerprint density at radius 2 is 1.96 bits per heavy atom. The maximum absolute atomic E-state index is 5.52. The second-order valence-electron chi connectivity index (χ2n) is 7.69. The third-order valence-electron chi connectivity index (χ3n) is 6.14. The van der Waals surface area contributed by atoms with Gasteiger partial charge in [0.25, 0.3) is 0 Å².